The Morgan fingerprint density at radius 3 is 2.65 bits per heavy atom. The maximum Gasteiger partial charge on any atom is 0.220 e. The second kappa shape index (κ2) is 8.15. The summed E-state index contributed by atoms with van der Waals surface area (Å²) in [7, 11) is 0. The van der Waals surface area contributed by atoms with Gasteiger partial charge in [-0.2, -0.15) is 0 Å². The SMILES string of the molecule is CCNC(=NCC(C)(C)N1CCCCC1)N1CCCC2(CNC(=O)C2)C1. The molecule has 6 nitrogen and oxygen atoms in total. The number of nitrogens with zero attached hydrogens (tertiary/aromatic N) is 3. The number of guanidine groups is 1. The summed E-state index contributed by atoms with van der Waals surface area (Å²) in [5.74, 6) is 1.23. The monoisotopic (exact) mass is 363 g/mol. The Labute approximate surface area is 158 Å². The second-order valence-electron chi connectivity index (χ2n) is 9.01. The van der Waals surface area contributed by atoms with E-state index in [0.29, 0.717) is 6.42 Å². The van der Waals surface area contributed by atoms with Gasteiger partial charge in [0.25, 0.3) is 0 Å². The van der Waals surface area contributed by atoms with Gasteiger partial charge in [0, 0.05) is 43.6 Å². The molecule has 6 heteroatoms. The molecule has 1 atom stereocenters. The van der Waals surface area contributed by atoms with Crippen molar-refractivity contribution in [2.45, 2.75) is 64.8 Å². The van der Waals surface area contributed by atoms with E-state index in [1.54, 1.807) is 0 Å². The van der Waals surface area contributed by atoms with Crippen LogP contribution in [0.2, 0.25) is 0 Å². The molecule has 3 aliphatic heterocycles. The van der Waals surface area contributed by atoms with E-state index >= 15 is 0 Å². The van der Waals surface area contributed by atoms with E-state index in [0.717, 1.165) is 51.5 Å². The minimum Gasteiger partial charge on any atom is -0.357 e. The van der Waals surface area contributed by atoms with Gasteiger partial charge >= 0.3 is 0 Å². The molecule has 1 amide bonds. The first-order valence-corrected chi connectivity index (χ1v) is 10.5. The van der Waals surface area contributed by atoms with E-state index in [1.807, 2.05) is 0 Å². The van der Waals surface area contributed by atoms with Crippen LogP contribution in [0.3, 0.4) is 0 Å². The zero-order valence-corrected chi connectivity index (χ0v) is 16.9. The van der Waals surface area contributed by atoms with Gasteiger partial charge in [0.1, 0.15) is 0 Å². The van der Waals surface area contributed by atoms with E-state index in [1.165, 1.54) is 32.4 Å². The van der Waals surface area contributed by atoms with Crippen LogP contribution in [-0.2, 0) is 4.79 Å². The molecule has 0 aliphatic carbocycles. The normalized spacial score (nSPS) is 28.5. The molecule has 0 aromatic heterocycles. The average molecular weight is 364 g/mol. The highest BCUT2D eigenvalue weighted by Crippen LogP contribution is 2.36. The number of likely N-dealkylation sites (tertiary alicyclic amines) is 2. The lowest BCUT2D eigenvalue weighted by Crippen LogP contribution is -2.53. The van der Waals surface area contributed by atoms with E-state index in [4.69, 9.17) is 4.99 Å². The predicted molar refractivity (Wildman–Crippen MR) is 106 cm³/mol. The molecule has 0 saturated carbocycles. The van der Waals surface area contributed by atoms with Gasteiger partial charge in [-0.3, -0.25) is 14.7 Å². The third kappa shape index (κ3) is 4.51. The number of amides is 1. The van der Waals surface area contributed by atoms with Gasteiger partial charge in [0.05, 0.1) is 6.54 Å². The lowest BCUT2D eigenvalue weighted by Gasteiger charge is -2.42. The Morgan fingerprint density at radius 2 is 2.00 bits per heavy atom. The second-order valence-corrected chi connectivity index (χ2v) is 9.01. The van der Waals surface area contributed by atoms with Gasteiger partial charge in [-0.05, 0) is 59.5 Å². The van der Waals surface area contributed by atoms with Crippen molar-refractivity contribution in [2.24, 2.45) is 10.4 Å². The molecule has 3 heterocycles. The van der Waals surface area contributed by atoms with E-state index in [9.17, 15) is 4.79 Å². The van der Waals surface area contributed by atoms with Crippen LogP contribution >= 0.6 is 0 Å². The van der Waals surface area contributed by atoms with Crippen molar-refractivity contribution in [3.05, 3.63) is 0 Å². The third-order valence-electron chi connectivity index (χ3n) is 6.32. The molecule has 148 valence electrons. The highest BCUT2D eigenvalue weighted by Gasteiger charge is 2.42. The third-order valence-corrected chi connectivity index (χ3v) is 6.32. The summed E-state index contributed by atoms with van der Waals surface area (Å²) >= 11 is 0. The molecule has 3 saturated heterocycles. The van der Waals surface area contributed by atoms with Crippen LogP contribution in [0.15, 0.2) is 4.99 Å². The molecule has 3 aliphatic rings. The van der Waals surface area contributed by atoms with Gasteiger partial charge in [-0.25, -0.2) is 0 Å². The lowest BCUT2D eigenvalue weighted by molar-refractivity contribution is -0.119. The molecule has 2 N–H and O–H groups in total. The largest absolute Gasteiger partial charge is 0.357 e. The topological polar surface area (TPSA) is 60.0 Å². The number of piperidine rings is 2. The van der Waals surface area contributed by atoms with Gasteiger partial charge < -0.3 is 15.5 Å². The van der Waals surface area contributed by atoms with Crippen LogP contribution < -0.4 is 10.6 Å². The maximum atomic E-state index is 11.8. The standard InChI is InChI=1S/C20H37N5O/c1-4-21-18(23-14-19(2,3)25-11-6-5-7-12-25)24-10-8-9-20(16-24)13-17(26)22-15-20/h4-16H2,1-3H3,(H,21,23)(H,22,26). The number of rotatable bonds is 4. The van der Waals surface area contributed by atoms with Crippen LogP contribution in [0, 0.1) is 5.41 Å². The fourth-order valence-corrected chi connectivity index (χ4v) is 4.72. The zero-order valence-electron chi connectivity index (χ0n) is 16.9. The predicted octanol–water partition coefficient (Wildman–Crippen LogP) is 1.82. The van der Waals surface area contributed by atoms with Crippen LogP contribution in [0.4, 0.5) is 0 Å². The molecule has 0 bridgehead atoms. The Hall–Kier alpha value is -1.30. The van der Waals surface area contributed by atoms with Gasteiger partial charge in [-0.1, -0.05) is 6.42 Å². The summed E-state index contributed by atoms with van der Waals surface area (Å²) in [4.78, 5) is 21.8. The molecular formula is C20H37N5O. The van der Waals surface area contributed by atoms with Gasteiger partial charge in [-0.15, -0.1) is 0 Å². The van der Waals surface area contributed by atoms with Crippen molar-refractivity contribution < 1.29 is 4.79 Å². The van der Waals surface area contributed by atoms with E-state index in [-0.39, 0.29) is 16.9 Å². The fraction of sp³-hybridized carbons (Fsp3) is 0.900. The van der Waals surface area contributed by atoms with Crippen molar-refractivity contribution in [1.29, 1.82) is 0 Å². The first kappa shape index (κ1) is 19.5. The van der Waals surface area contributed by atoms with Crippen molar-refractivity contribution in [3.8, 4) is 0 Å². The first-order valence-electron chi connectivity index (χ1n) is 10.5. The number of nitrogens with one attached hydrogen (secondary N) is 2. The van der Waals surface area contributed by atoms with Crippen molar-refractivity contribution in [2.75, 3.05) is 45.8 Å². The summed E-state index contributed by atoms with van der Waals surface area (Å²) in [5.41, 5.74) is 0.202. The summed E-state index contributed by atoms with van der Waals surface area (Å²) in [6.45, 7) is 13.6. The highest BCUT2D eigenvalue weighted by molar-refractivity contribution is 5.81. The summed E-state index contributed by atoms with van der Waals surface area (Å²) in [5, 5.41) is 6.54. The molecular weight excluding hydrogens is 326 g/mol. The van der Waals surface area contributed by atoms with Crippen LogP contribution in [0.5, 0.6) is 0 Å². The highest BCUT2D eigenvalue weighted by atomic mass is 16.1. The number of aliphatic imine (C=N–C) groups is 1. The van der Waals surface area contributed by atoms with Gasteiger partial charge in [0.15, 0.2) is 5.96 Å². The van der Waals surface area contributed by atoms with Crippen LogP contribution in [0.25, 0.3) is 0 Å². The summed E-state index contributed by atoms with van der Waals surface area (Å²) in [6, 6.07) is 0. The Morgan fingerprint density at radius 1 is 1.23 bits per heavy atom. The minimum atomic E-state index is 0.0967. The fourth-order valence-electron chi connectivity index (χ4n) is 4.72. The average Bonchev–Trinajstić information content (AvgIpc) is 2.99. The minimum absolute atomic E-state index is 0.0967. The molecule has 26 heavy (non-hydrogen) atoms. The van der Waals surface area contributed by atoms with Crippen molar-refractivity contribution in [1.82, 2.24) is 20.4 Å². The molecule has 3 rings (SSSR count). The number of carbonyl (C=O) groups excluding carboxylic acids is 1. The quantitative estimate of drug-likeness (QED) is 0.591. The van der Waals surface area contributed by atoms with Crippen LogP contribution in [-0.4, -0.2) is 73.0 Å². The summed E-state index contributed by atoms with van der Waals surface area (Å²) in [6.07, 6.45) is 6.92. The van der Waals surface area contributed by atoms with E-state index < -0.39 is 0 Å². The number of hydrogen-bond acceptors (Lipinski definition) is 3. The van der Waals surface area contributed by atoms with Crippen molar-refractivity contribution in [3.63, 3.8) is 0 Å². The van der Waals surface area contributed by atoms with Crippen LogP contribution in [0.1, 0.15) is 59.3 Å². The smallest absolute Gasteiger partial charge is 0.220 e. The molecule has 1 unspecified atom stereocenters. The maximum absolute atomic E-state index is 11.8. The lowest BCUT2D eigenvalue weighted by atomic mass is 9.79. The van der Waals surface area contributed by atoms with E-state index in [2.05, 4.69) is 41.2 Å². The number of carbonyl (C=O) groups is 1. The Bertz CT molecular complexity index is 526. The molecule has 0 aromatic rings. The van der Waals surface area contributed by atoms with Gasteiger partial charge in [0.2, 0.25) is 5.91 Å². The van der Waals surface area contributed by atoms with Crippen molar-refractivity contribution >= 4 is 11.9 Å². The zero-order chi connectivity index (χ0) is 18.6. The Kier molecular flexibility index (Phi) is 6.10. The molecule has 3 fully saturated rings. The Balaban J connectivity index is 1.67. The number of hydrogen-bond donors (Lipinski definition) is 2. The molecule has 0 aromatic carbocycles. The first-order chi connectivity index (χ1) is 12.4. The summed E-state index contributed by atoms with van der Waals surface area (Å²) < 4.78 is 0. The molecule has 0 radical (unpaired) electrons. The molecule has 1 spiro atoms.